The van der Waals surface area contributed by atoms with Gasteiger partial charge in [0.2, 0.25) is 0 Å². The Morgan fingerprint density at radius 1 is 1.07 bits per heavy atom. The number of carbonyl (C=O) groups excluding carboxylic acids is 1. The molecular weight excluding hydrogens is 360 g/mol. The molecule has 27 heavy (non-hydrogen) atoms. The lowest BCUT2D eigenvalue weighted by atomic mass is 10.0. The first-order chi connectivity index (χ1) is 12.9. The molecule has 0 aliphatic carbocycles. The molecule has 0 saturated heterocycles. The largest absolute Gasteiger partial charge is 0.495 e. The lowest BCUT2D eigenvalue weighted by Gasteiger charge is -2.06. The van der Waals surface area contributed by atoms with Crippen LogP contribution in [0.1, 0.15) is 30.9 Å². The average molecular weight is 385 g/mol. The molecule has 142 valence electrons. The molecule has 0 atom stereocenters. The van der Waals surface area contributed by atoms with E-state index in [0.717, 1.165) is 27.3 Å². The third kappa shape index (κ3) is 3.90. The summed E-state index contributed by atoms with van der Waals surface area (Å²) in [6, 6.07) is 11.9. The van der Waals surface area contributed by atoms with Gasteiger partial charge >= 0.3 is 0 Å². The van der Waals surface area contributed by atoms with Crippen molar-refractivity contribution in [2.45, 2.75) is 26.2 Å². The van der Waals surface area contributed by atoms with Gasteiger partial charge in [0.05, 0.1) is 20.6 Å². The number of aromatic nitrogens is 1. The molecule has 1 heterocycles. The molecular formula is C21H24N2O3S. The highest BCUT2D eigenvalue weighted by Gasteiger charge is 2.14. The minimum absolute atomic E-state index is 0.174. The van der Waals surface area contributed by atoms with Crippen molar-refractivity contribution < 1.29 is 14.3 Å². The van der Waals surface area contributed by atoms with Crippen molar-refractivity contribution in [1.29, 1.82) is 0 Å². The zero-order valence-electron chi connectivity index (χ0n) is 16.3. The molecule has 3 rings (SSSR count). The maximum atomic E-state index is 12.5. The summed E-state index contributed by atoms with van der Waals surface area (Å²) < 4.78 is 13.7. The normalized spacial score (nSPS) is 12.0. The van der Waals surface area contributed by atoms with Crippen LogP contribution >= 0.6 is 11.3 Å². The Bertz CT molecular complexity index is 1030. The van der Waals surface area contributed by atoms with Gasteiger partial charge in [-0.1, -0.05) is 49.4 Å². The number of hydrogen-bond donors (Lipinski definition) is 0. The highest BCUT2D eigenvalue weighted by atomic mass is 32.1. The van der Waals surface area contributed by atoms with Crippen molar-refractivity contribution in [3.63, 3.8) is 0 Å². The fourth-order valence-corrected chi connectivity index (χ4v) is 4.12. The van der Waals surface area contributed by atoms with Crippen molar-refractivity contribution in [2.24, 2.45) is 12.0 Å². The Morgan fingerprint density at radius 3 is 2.30 bits per heavy atom. The zero-order valence-corrected chi connectivity index (χ0v) is 17.1. The monoisotopic (exact) mass is 384 g/mol. The number of ether oxygens (including phenoxy) is 2. The van der Waals surface area contributed by atoms with E-state index in [1.807, 2.05) is 35.9 Å². The minimum Gasteiger partial charge on any atom is -0.495 e. The summed E-state index contributed by atoms with van der Waals surface area (Å²) >= 11 is 1.42. The summed E-state index contributed by atoms with van der Waals surface area (Å²) in [7, 11) is 5.13. The van der Waals surface area contributed by atoms with Gasteiger partial charge in [-0.15, -0.1) is 0 Å². The molecule has 0 fully saturated rings. The van der Waals surface area contributed by atoms with Crippen LogP contribution in [0.4, 0.5) is 0 Å². The standard InChI is InChI=1S/C21H24N2O3S/c1-13(2)15-8-6-14(7-9-15)12-18(24)22-21-23(3)19-16(25-4)10-11-17(26-5)20(19)27-21/h6-11,13H,12H2,1-5H3. The van der Waals surface area contributed by atoms with Crippen LogP contribution in [0.25, 0.3) is 10.2 Å². The number of aryl methyl sites for hydroxylation is 1. The third-order valence-electron chi connectivity index (χ3n) is 4.54. The molecule has 2 aromatic carbocycles. The fraction of sp³-hybridized carbons (Fsp3) is 0.333. The summed E-state index contributed by atoms with van der Waals surface area (Å²) in [5.41, 5.74) is 3.10. The minimum atomic E-state index is -0.174. The van der Waals surface area contributed by atoms with Gasteiger partial charge < -0.3 is 14.0 Å². The summed E-state index contributed by atoms with van der Waals surface area (Å²) in [5.74, 6) is 1.77. The number of hydrogen-bond acceptors (Lipinski definition) is 4. The summed E-state index contributed by atoms with van der Waals surface area (Å²) in [6.07, 6.45) is 0.279. The first-order valence-corrected chi connectivity index (χ1v) is 9.63. The summed E-state index contributed by atoms with van der Waals surface area (Å²) in [6.45, 7) is 4.30. The van der Waals surface area contributed by atoms with Gasteiger partial charge in [-0.3, -0.25) is 4.79 Å². The number of rotatable bonds is 5. The lowest BCUT2D eigenvalue weighted by Crippen LogP contribution is -2.14. The van der Waals surface area contributed by atoms with Crippen molar-refractivity contribution in [1.82, 2.24) is 4.57 Å². The second-order valence-corrected chi connectivity index (χ2v) is 7.65. The van der Waals surface area contributed by atoms with Gasteiger partial charge in [0.25, 0.3) is 5.91 Å². The molecule has 0 saturated carbocycles. The molecule has 1 aromatic heterocycles. The number of carbonyl (C=O) groups is 1. The topological polar surface area (TPSA) is 52.8 Å². The molecule has 3 aromatic rings. The molecule has 0 spiro atoms. The number of benzene rings is 2. The van der Waals surface area contributed by atoms with Gasteiger partial charge in [-0.2, -0.15) is 4.99 Å². The highest BCUT2D eigenvalue weighted by molar-refractivity contribution is 7.16. The van der Waals surface area contributed by atoms with E-state index in [1.165, 1.54) is 16.9 Å². The van der Waals surface area contributed by atoms with E-state index in [1.54, 1.807) is 14.2 Å². The molecule has 6 heteroatoms. The predicted molar refractivity (Wildman–Crippen MR) is 109 cm³/mol. The van der Waals surface area contributed by atoms with E-state index in [0.29, 0.717) is 10.7 Å². The molecule has 0 unspecified atom stereocenters. The van der Waals surface area contributed by atoms with Crippen molar-refractivity contribution in [2.75, 3.05) is 14.2 Å². The Balaban J connectivity index is 1.95. The van der Waals surface area contributed by atoms with Gasteiger partial charge in [0.1, 0.15) is 21.7 Å². The first-order valence-electron chi connectivity index (χ1n) is 8.81. The van der Waals surface area contributed by atoms with Crippen LogP contribution in [-0.4, -0.2) is 24.7 Å². The quantitative estimate of drug-likeness (QED) is 0.667. The van der Waals surface area contributed by atoms with Crippen LogP contribution in [0, 0.1) is 0 Å². The molecule has 0 N–H and O–H groups in total. The highest BCUT2D eigenvalue weighted by Crippen LogP contribution is 2.34. The van der Waals surface area contributed by atoms with E-state index in [2.05, 4.69) is 31.0 Å². The van der Waals surface area contributed by atoms with Crippen LogP contribution in [0.3, 0.4) is 0 Å². The average Bonchev–Trinajstić information content (AvgIpc) is 2.98. The maximum absolute atomic E-state index is 12.5. The molecule has 1 amide bonds. The van der Waals surface area contributed by atoms with Crippen LogP contribution in [0.15, 0.2) is 41.4 Å². The second kappa shape index (κ2) is 7.96. The van der Waals surface area contributed by atoms with Crippen LogP contribution < -0.4 is 14.3 Å². The maximum Gasteiger partial charge on any atom is 0.252 e. The van der Waals surface area contributed by atoms with Gasteiger partial charge in [0.15, 0.2) is 4.80 Å². The predicted octanol–water partition coefficient (Wildman–Crippen LogP) is 4.05. The molecule has 0 bridgehead atoms. The van der Waals surface area contributed by atoms with Crippen molar-refractivity contribution in [3.05, 3.63) is 52.3 Å². The smallest absolute Gasteiger partial charge is 0.252 e. The van der Waals surface area contributed by atoms with E-state index in [4.69, 9.17) is 9.47 Å². The van der Waals surface area contributed by atoms with Crippen molar-refractivity contribution >= 4 is 27.5 Å². The molecule has 0 radical (unpaired) electrons. The molecule has 0 aliphatic heterocycles. The lowest BCUT2D eigenvalue weighted by molar-refractivity contribution is -0.117. The fourth-order valence-electron chi connectivity index (χ4n) is 2.97. The number of amides is 1. The number of thiazole rings is 1. The van der Waals surface area contributed by atoms with Gasteiger partial charge in [-0.05, 0) is 29.2 Å². The number of fused-ring (bicyclic) bond motifs is 1. The van der Waals surface area contributed by atoms with E-state index in [-0.39, 0.29) is 12.3 Å². The molecule has 5 nitrogen and oxygen atoms in total. The number of nitrogens with zero attached hydrogens (tertiary/aromatic N) is 2. The van der Waals surface area contributed by atoms with Crippen LogP contribution in [0.5, 0.6) is 11.5 Å². The number of methoxy groups -OCH3 is 2. The summed E-state index contributed by atoms with van der Waals surface area (Å²) in [4.78, 5) is 17.5. The van der Waals surface area contributed by atoms with Gasteiger partial charge in [-0.25, -0.2) is 0 Å². The molecule has 0 aliphatic rings. The Hall–Kier alpha value is -2.60. The van der Waals surface area contributed by atoms with Crippen LogP contribution in [0.2, 0.25) is 0 Å². The Labute approximate surface area is 162 Å². The zero-order chi connectivity index (χ0) is 19.6. The summed E-state index contributed by atoms with van der Waals surface area (Å²) in [5, 5.41) is 0. The second-order valence-electron chi connectivity index (χ2n) is 6.67. The Kier molecular flexibility index (Phi) is 5.65. The van der Waals surface area contributed by atoms with E-state index in [9.17, 15) is 4.79 Å². The van der Waals surface area contributed by atoms with Gasteiger partial charge in [0, 0.05) is 7.05 Å². The Morgan fingerprint density at radius 2 is 1.70 bits per heavy atom. The first kappa shape index (κ1) is 19.2. The van der Waals surface area contributed by atoms with E-state index < -0.39 is 0 Å². The van der Waals surface area contributed by atoms with Crippen molar-refractivity contribution in [3.8, 4) is 11.5 Å². The third-order valence-corrected chi connectivity index (χ3v) is 5.68. The SMILES string of the molecule is COc1ccc(OC)c2c1sc(=NC(=O)Cc1ccc(C(C)C)cc1)n2C. The van der Waals surface area contributed by atoms with Crippen LogP contribution in [-0.2, 0) is 18.3 Å². The van der Waals surface area contributed by atoms with E-state index >= 15 is 0 Å².